The summed E-state index contributed by atoms with van der Waals surface area (Å²) in [5.74, 6) is 2.30. The van der Waals surface area contributed by atoms with E-state index >= 15 is 0 Å². The van der Waals surface area contributed by atoms with Crippen LogP contribution in [0.25, 0.3) is 32.9 Å². The molecule has 1 saturated heterocycles. The van der Waals surface area contributed by atoms with Crippen LogP contribution in [-0.2, 0) is 0 Å². The van der Waals surface area contributed by atoms with Gasteiger partial charge in [0.1, 0.15) is 11.4 Å². The molecule has 0 unspecified atom stereocenters. The Morgan fingerprint density at radius 2 is 1.77 bits per heavy atom. The Bertz CT molecular complexity index is 1190. The third-order valence-electron chi connectivity index (χ3n) is 5.88. The SMILES string of the molecule is COc1cc2cc3ccoc3c(-c3ccc(N4CCC(O)CC4)nc3)c2cc1OC. The minimum atomic E-state index is -0.199. The van der Waals surface area contributed by atoms with Crippen LogP contribution in [0.2, 0.25) is 0 Å². The van der Waals surface area contributed by atoms with Gasteiger partial charge in [0.05, 0.1) is 26.6 Å². The monoisotopic (exact) mass is 404 g/mol. The molecule has 2 aromatic carbocycles. The molecule has 5 rings (SSSR count). The van der Waals surface area contributed by atoms with Crippen LogP contribution >= 0.6 is 0 Å². The molecule has 1 aliphatic rings. The molecular weight excluding hydrogens is 380 g/mol. The molecule has 0 atom stereocenters. The van der Waals surface area contributed by atoms with Gasteiger partial charge in [0.25, 0.3) is 0 Å². The lowest BCUT2D eigenvalue weighted by atomic mass is 9.96. The van der Waals surface area contributed by atoms with Gasteiger partial charge in [-0.1, -0.05) is 0 Å². The van der Waals surface area contributed by atoms with Crippen LogP contribution in [0.1, 0.15) is 12.8 Å². The van der Waals surface area contributed by atoms with Crippen molar-refractivity contribution in [1.82, 2.24) is 4.98 Å². The smallest absolute Gasteiger partial charge is 0.161 e. The number of aromatic nitrogens is 1. The molecule has 1 fully saturated rings. The summed E-state index contributed by atoms with van der Waals surface area (Å²) in [5.41, 5.74) is 2.79. The molecule has 1 aliphatic heterocycles. The van der Waals surface area contributed by atoms with E-state index in [0.29, 0.717) is 11.5 Å². The highest BCUT2D eigenvalue weighted by Gasteiger charge is 2.19. The number of methoxy groups -OCH3 is 2. The summed E-state index contributed by atoms with van der Waals surface area (Å²) in [6.45, 7) is 1.64. The molecule has 3 heterocycles. The van der Waals surface area contributed by atoms with Crippen LogP contribution in [0.15, 0.2) is 53.3 Å². The molecule has 2 aromatic heterocycles. The highest BCUT2D eigenvalue weighted by Crippen LogP contribution is 2.41. The highest BCUT2D eigenvalue weighted by molar-refractivity contribution is 6.11. The highest BCUT2D eigenvalue weighted by atomic mass is 16.5. The number of hydrogen-bond donors (Lipinski definition) is 1. The van der Waals surface area contributed by atoms with E-state index in [4.69, 9.17) is 18.9 Å². The number of piperidine rings is 1. The molecule has 30 heavy (non-hydrogen) atoms. The predicted octanol–water partition coefficient (Wildman–Crippen LogP) is 4.63. The van der Waals surface area contributed by atoms with Crippen molar-refractivity contribution in [3.05, 3.63) is 48.9 Å². The zero-order valence-electron chi connectivity index (χ0n) is 17.1. The fourth-order valence-electron chi connectivity index (χ4n) is 4.26. The van der Waals surface area contributed by atoms with Crippen LogP contribution in [0.5, 0.6) is 11.5 Å². The van der Waals surface area contributed by atoms with Crippen molar-refractivity contribution >= 4 is 27.6 Å². The number of aliphatic hydroxyl groups is 1. The molecule has 0 spiro atoms. The Kier molecular flexibility index (Phi) is 4.71. The fraction of sp³-hybridized carbons (Fsp3) is 0.292. The Hall–Kier alpha value is -3.25. The maximum Gasteiger partial charge on any atom is 0.161 e. The molecule has 0 amide bonds. The number of fused-ring (bicyclic) bond motifs is 2. The van der Waals surface area contributed by atoms with E-state index in [2.05, 4.69) is 17.0 Å². The maximum atomic E-state index is 9.75. The Morgan fingerprint density at radius 1 is 1.00 bits per heavy atom. The van der Waals surface area contributed by atoms with Gasteiger partial charge in [-0.2, -0.15) is 0 Å². The number of rotatable bonds is 4. The Balaban J connectivity index is 1.64. The van der Waals surface area contributed by atoms with E-state index < -0.39 is 0 Å². The number of hydrogen-bond acceptors (Lipinski definition) is 6. The number of anilines is 1. The topological polar surface area (TPSA) is 68.0 Å². The second-order valence-electron chi connectivity index (χ2n) is 7.64. The van der Waals surface area contributed by atoms with Crippen LogP contribution < -0.4 is 14.4 Å². The maximum absolute atomic E-state index is 9.75. The van der Waals surface area contributed by atoms with Gasteiger partial charge in [0.2, 0.25) is 0 Å². The van der Waals surface area contributed by atoms with E-state index in [9.17, 15) is 5.11 Å². The summed E-state index contributed by atoms with van der Waals surface area (Å²) in [5, 5.41) is 12.8. The molecule has 6 nitrogen and oxygen atoms in total. The van der Waals surface area contributed by atoms with Crippen molar-refractivity contribution in [2.75, 3.05) is 32.2 Å². The van der Waals surface area contributed by atoms with Crippen LogP contribution in [0.3, 0.4) is 0 Å². The van der Waals surface area contributed by atoms with Crippen LogP contribution in [-0.4, -0.2) is 43.5 Å². The second kappa shape index (κ2) is 7.54. The molecule has 0 radical (unpaired) electrons. The average Bonchev–Trinajstić information content (AvgIpc) is 3.25. The fourth-order valence-corrected chi connectivity index (χ4v) is 4.26. The van der Waals surface area contributed by atoms with E-state index in [-0.39, 0.29) is 6.10 Å². The van der Waals surface area contributed by atoms with Crippen molar-refractivity contribution in [2.24, 2.45) is 0 Å². The van der Waals surface area contributed by atoms with Gasteiger partial charge in [-0.3, -0.25) is 0 Å². The molecule has 4 aromatic rings. The number of nitrogens with zero attached hydrogens (tertiary/aromatic N) is 2. The normalized spacial score (nSPS) is 15.1. The third kappa shape index (κ3) is 3.13. The third-order valence-corrected chi connectivity index (χ3v) is 5.88. The number of aliphatic hydroxyl groups excluding tert-OH is 1. The molecule has 6 heteroatoms. The largest absolute Gasteiger partial charge is 0.493 e. The number of furan rings is 1. The van der Waals surface area contributed by atoms with Crippen molar-refractivity contribution in [1.29, 1.82) is 0 Å². The summed E-state index contributed by atoms with van der Waals surface area (Å²) in [4.78, 5) is 6.94. The first-order valence-corrected chi connectivity index (χ1v) is 10.1. The summed E-state index contributed by atoms with van der Waals surface area (Å²) in [7, 11) is 3.28. The molecule has 0 bridgehead atoms. The van der Waals surface area contributed by atoms with Crippen molar-refractivity contribution in [3.63, 3.8) is 0 Å². The van der Waals surface area contributed by atoms with Gasteiger partial charge in [-0.25, -0.2) is 4.98 Å². The van der Waals surface area contributed by atoms with Gasteiger partial charge in [-0.15, -0.1) is 0 Å². The minimum absolute atomic E-state index is 0.199. The van der Waals surface area contributed by atoms with Crippen LogP contribution in [0, 0.1) is 0 Å². The lowest BCUT2D eigenvalue weighted by Gasteiger charge is -2.30. The molecule has 0 saturated carbocycles. The first-order chi connectivity index (χ1) is 14.7. The van der Waals surface area contributed by atoms with E-state index in [0.717, 1.165) is 64.6 Å². The zero-order valence-corrected chi connectivity index (χ0v) is 17.1. The Labute approximate surface area is 174 Å². The number of ether oxygens (including phenoxy) is 2. The van der Waals surface area contributed by atoms with Crippen molar-refractivity contribution in [3.8, 4) is 22.6 Å². The van der Waals surface area contributed by atoms with Gasteiger partial charge >= 0.3 is 0 Å². The van der Waals surface area contributed by atoms with Crippen molar-refractivity contribution < 1.29 is 19.0 Å². The summed E-state index contributed by atoms with van der Waals surface area (Å²) in [6, 6.07) is 12.2. The van der Waals surface area contributed by atoms with Gasteiger partial charge in [0, 0.05) is 35.8 Å². The number of benzene rings is 2. The van der Waals surface area contributed by atoms with Crippen molar-refractivity contribution in [2.45, 2.75) is 18.9 Å². The van der Waals surface area contributed by atoms with Gasteiger partial charge in [-0.05, 0) is 60.0 Å². The summed E-state index contributed by atoms with van der Waals surface area (Å²) < 4.78 is 16.9. The lowest BCUT2D eigenvalue weighted by molar-refractivity contribution is 0.145. The first kappa shape index (κ1) is 18.8. The molecule has 0 aliphatic carbocycles. The number of pyridine rings is 1. The predicted molar refractivity (Wildman–Crippen MR) is 118 cm³/mol. The molecular formula is C24H24N2O4. The van der Waals surface area contributed by atoms with Crippen LogP contribution in [0.4, 0.5) is 5.82 Å². The molecule has 154 valence electrons. The summed E-state index contributed by atoms with van der Waals surface area (Å²) in [6.07, 6.45) is 4.97. The van der Waals surface area contributed by atoms with E-state index in [1.165, 1.54) is 0 Å². The Morgan fingerprint density at radius 3 is 2.47 bits per heavy atom. The first-order valence-electron chi connectivity index (χ1n) is 10.1. The summed E-state index contributed by atoms with van der Waals surface area (Å²) >= 11 is 0. The standard InChI is InChI=1S/C24H24N2O4/c1-28-20-12-17-11-15-7-10-30-24(15)23(19(17)13-21(20)29-2)16-3-4-22(25-14-16)26-8-5-18(27)6-9-26/h3-4,7,10-14,18,27H,5-6,8-9H2,1-2H3. The van der Waals surface area contributed by atoms with Gasteiger partial charge in [0.15, 0.2) is 11.5 Å². The van der Waals surface area contributed by atoms with E-state index in [1.54, 1.807) is 20.5 Å². The van der Waals surface area contributed by atoms with Gasteiger partial charge < -0.3 is 23.9 Å². The average molecular weight is 404 g/mol. The minimum Gasteiger partial charge on any atom is -0.493 e. The lowest BCUT2D eigenvalue weighted by Crippen LogP contribution is -2.36. The second-order valence-corrected chi connectivity index (χ2v) is 7.64. The molecule has 1 N–H and O–H groups in total. The zero-order chi connectivity index (χ0) is 20.7. The van der Waals surface area contributed by atoms with E-state index in [1.807, 2.05) is 30.5 Å². The quantitative estimate of drug-likeness (QED) is 0.535.